The molecule has 0 spiro atoms. The molecule has 1 saturated heterocycles. The van der Waals surface area contributed by atoms with Crippen molar-refractivity contribution in [2.45, 2.75) is 38.8 Å². The van der Waals surface area contributed by atoms with E-state index < -0.39 is 11.2 Å². The first-order valence-corrected chi connectivity index (χ1v) is 2.53. The van der Waals surface area contributed by atoms with Crippen molar-refractivity contribution < 1.29 is 12.5 Å². The first-order chi connectivity index (χ1) is 4.53. The Balaban J connectivity index is 2.73. The monoisotopic (exact) mass is 118 g/mol. The molecule has 1 aliphatic heterocycles. The van der Waals surface area contributed by atoms with Crippen LogP contribution in [-0.2, 0) is 4.52 Å². The summed E-state index contributed by atoms with van der Waals surface area (Å²) < 4.78 is 15.8. The summed E-state index contributed by atoms with van der Waals surface area (Å²) in [6, 6.07) is 0. The van der Waals surface area contributed by atoms with Gasteiger partial charge in [-0.1, -0.05) is 0 Å². The Morgan fingerprint density at radius 3 is 1.75 bits per heavy atom. The predicted octanol–water partition coefficient (Wildman–Crippen LogP) is 0.385. The SMILES string of the molecule is [2H]CC1(C[2H])[O+]([O-])C1(C)C. The minimum Gasteiger partial charge on any atom is -0.533 e. The van der Waals surface area contributed by atoms with E-state index in [4.69, 9.17) is 2.74 Å². The Labute approximate surface area is 52.5 Å². The van der Waals surface area contributed by atoms with Crippen molar-refractivity contribution in [2.24, 2.45) is 0 Å². The van der Waals surface area contributed by atoms with Crippen LogP contribution in [0.25, 0.3) is 0 Å². The molecule has 0 N–H and O–H groups in total. The van der Waals surface area contributed by atoms with Crippen LogP contribution in [-0.4, -0.2) is 11.2 Å². The third kappa shape index (κ3) is 0.400. The maximum atomic E-state index is 10.9. The molecule has 0 radical (unpaired) electrons. The highest BCUT2D eigenvalue weighted by Gasteiger charge is 2.70. The third-order valence-electron chi connectivity index (χ3n) is 1.87. The van der Waals surface area contributed by atoms with Gasteiger partial charge in [0, 0.05) is 30.4 Å². The number of hydrogen-bond acceptors (Lipinski definition) is 1. The van der Waals surface area contributed by atoms with Crippen LogP contribution in [0.2, 0.25) is 0 Å². The molecule has 0 atom stereocenters. The van der Waals surface area contributed by atoms with E-state index in [2.05, 4.69) is 0 Å². The van der Waals surface area contributed by atoms with Crippen molar-refractivity contribution in [3.8, 4) is 0 Å². The Morgan fingerprint density at radius 2 is 1.75 bits per heavy atom. The highest BCUT2D eigenvalue weighted by Crippen LogP contribution is 2.51. The molecular formula is C6H12O2. The second-order valence-corrected chi connectivity index (χ2v) is 2.77. The molecule has 0 aromatic rings. The lowest BCUT2D eigenvalue weighted by Crippen LogP contribution is -2.12. The normalized spacial score (nSPS) is 35.9. The molecule has 1 fully saturated rings. The molecule has 0 unspecified atom stereocenters. The summed E-state index contributed by atoms with van der Waals surface area (Å²) >= 11 is 0. The van der Waals surface area contributed by atoms with Crippen LogP contribution in [0.15, 0.2) is 0 Å². The van der Waals surface area contributed by atoms with Gasteiger partial charge in [-0.25, -0.2) is 0 Å². The molecule has 8 heavy (non-hydrogen) atoms. The Bertz CT molecular complexity index is 143. The van der Waals surface area contributed by atoms with Crippen LogP contribution < -0.4 is 5.26 Å². The molecule has 2 heteroatoms. The summed E-state index contributed by atoms with van der Waals surface area (Å²) in [7, 11) is 0. The minimum absolute atomic E-state index is 0.00231. The van der Waals surface area contributed by atoms with Crippen LogP contribution in [0.4, 0.5) is 0 Å². The molecule has 1 heterocycles. The van der Waals surface area contributed by atoms with E-state index in [1.807, 2.05) is 0 Å². The number of epoxide rings is 1. The van der Waals surface area contributed by atoms with Crippen molar-refractivity contribution in [1.82, 2.24) is 0 Å². The standard InChI is InChI=1S/C6H12O2/c1-5(2)6(3,4)8(5)7/h1-4H3/i1D,2D. The van der Waals surface area contributed by atoms with Crippen LogP contribution >= 0.6 is 0 Å². The molecule has 2 nitrogen and oxygen atoms in total. The van der Waals surface area contributed by atoms with Crippen LogP contribution in [0, 0.1) is 0 Å². The van der Waals surface area contributed by atoms with Gasteiger partial charge in [-0.15, -0.1) is 0 Å². The zero-order chi connectivity index (χ0) is 7.99. The molecule has 0 saturated carbocycles. The first kappa shape index (κ1) is 3.85. The van der Waals surface area contributed by atoms with Gasteiger partial charge in [0.15, 0.2) is 0 Å². The Hall–Kier alpha value is -0.0800. The van der Waals surface area contributed by atoms with Crippen LogP contribution in [0.3, 0.4) is 0 Å². The molecule has 0 bridgehead atoms. The van der Waals surface area contributed by atoms with Crippen molar-refractivity contribution in [2.75, 3.05) is 0 Å². The minimum atomic E-state index is -0.785. The topological polar surface area (TPSA) is 25.8 Å². The van der Waals surface area contributed by atoms with Gasteiger partial charge >= 0.3 is 0 Å². The van der Waals surface area contributed by atoms with Crippen LogP contribution in [0.1, 0.15) is 30.4 Å². The van der Waals surface area contributed by atoms with E-state index in [9.17, 15) is 5.26 Å². The molecule has 0 aliphatic carbocycles. The van der Waals surface area contributed by atoms with Gasteiger partial charge in [-0.3, -0.25) is 0 Å². The highest BCUT2D eigenvalue weighted by molar-refractivity contribution is 5.05. The smallest absolute Gasteiger partial charge is 0.241 e. The molecule has 1 aliphatic rings. The summed E-state index contributed by atoms with van der Waals surface area (Å²) in [6.07, 6.45) is 0. The Morgan fingerprint density at radius 1 is 1.38 bits per heavy atom. The van der Waals surface area contributed by atoms with E-state index >= 15 is 0 Å². The molecule has 0 aromatic heterocycles. The lowest BCUT2D eigenvalue weighted by molar-refractivity contribution is -0.755. The van der Waals surface area contributed by atoms with Crippen molar-refractivity contribution in [3.63, 3.8) is 0 Å². The molecule has 0 amide bonds. The summed E-state index contributed by atoms with van der Waals surface area (Å²) in [4.78, 5) is 0. The second kappa shape index (κ2) is 1.09. The summed E-state index contributed by atoms with van der Waals surface area (Å²) in [6.45, 7) is 3.48. The summed E-state index contributed by atoms with van der Waals surface area (Å²) in [5, 5.41) is 10.9. The highest BCUT2D eigenvalue weighted by atomic mass is 17.3. The average Bonchev–Trinajstić information content (AvgIpc) is 2.31. The fourth-order valence-corrected chi connectivity index (χ4v) is 0.622. The van der Waals surface area contributed by atoms with Crippen molar-refractivity contribution >= 4 is 0 Å². The second-order valence-electron chi connectivity index (χ2n) is 2.77. The van der Waals surface area contributed by atoms with Gasteiger partial charge < -0.3 is 9.78 Å². The molecular weight excluding hydrogens is 104 g/mol. The van der Waals surface area contributed by atoms with E-state index in [0.717, 1.165) is 0 Å². The fourth-order valence-electron chi connectivity index (χ4n) is 0.622. The predicted molar refractivity (Wildman–Crippen MR) is 29.2 cm³/mol. The van der Waals surface area contributed by atoms with Gasteiger partial charge in [0.1, 0.15) is 0 Å². The number of hydrogen-bond donors (Lipinski definition) is 0. The quantitative estimate of drug-likeness (QED) is 0.256. The largest absolute Gasteiger partial charge is 0.533 e. The third-order valence-corrected chi connectivity index (χ3v) is 1.87. The van der Waals surface area contributed by atoms with Gasteiger partial charge in [0.2, 0.25) is 11.2 Å². The molecule has 1 rings (SSSR count). The van der Waals surface area contributed by atoms with Gasteiger partial charge in [-0.2, -0.15) is 0 Å². The lowest BCUT2D eigenvalue weighted by atomic mass is 10.0. The van der Waals surface area contributed by atoms with Crippen molar-refractivity contribution in [1.29, 1.82) is 0 Å². The maximum Gasteiger partial charge on any atom is 0.241 e. The maximum absolute atomic E-state index is 10.9. The average molecular weight is 118 g/mol. The van der Waals surface area contributed by atoms with Crippen molar-refractivity contribution in [3.05, 3.63) is 0 Å². The van der Waals surface area contributed by atoms with Gasteiger partial charge in [0.05, 0.1) is 0 Å². The van der Waals surface area contributed by atoms with E-state index in [0.29, 0.717) is 0 Å². The fraction of sp³-hybridized carbons (Fsp3) is 1.00. The molecule has 48 valence electrons. The summed E-state index contributed by atoms with van der Waals surface area (Å²) in [5.74, 6) is 0. The van der Waals surface area contributed by atoms with Crippen LogP contribution in [0.5, 0.6) is 0 Å². The molecule has 0 aromatic carbocycles. The van der Waals surface area contributed by atoms with Gasteiger partial charge in [0.25, 0.3) is 0 Å². The zero-order valence-electron chi connectivity index (χ0n) is 7.23. The van der Waals surface area contributed by atoms with E-state index in [1.54, 1.807) is 18.4 Å². The zero-order valence-corrected chi connectivity index (χ0v) is 5.23. The summed E-state index contributed by atoms with van der Waals surface area (Å²) in [5.41, 5.74) is -1.34. The van der Waals surface area contributed by atoms with E-state index in [1.165, 1.54) is 0 Å². The first-order valence-electron chi connectivity index (χ1n) is 3.95. The van der Waals surface area contributed by atoms with Gasteiger partial charge in [-0.05, 0) is 0 Å². The lowest BCUT2D eigenvalue weighted by Gasteiger charge is -1.99. The Kier molecular flexibility index (Phi) is 0.525. The van der Waals surface area contributed by atoms with E-state index in [-0.39, 0.29) is 13.8 Å². The number of rotatable bonds is 0.